The van der Waals surface area contributed by atoms with Gasteiger partial charge < -0.3 is 5.32 Å². The van der Waals surface area contributed by atoms with Crippen LogP contribution in [0.15, 0.2) is 66.3 Å². The number of allylic oxidation sites excluding steroid dienone is 1. The number of carbonyl (C=O) groups excluding carboxylic acids is 1. The summed E-state index contributed by atoms with van der Waals surface area (Å²) in [5.41, 5.74) is 0.702. The van der Waals surface area contributed by atoms with Crippen LogP contribution >= 0.6 is 23.4 Å². The molecule has 0 aliphatic heterocycles. The van der Waals surface area contributed by atoms with Crippen LogP contribution in [-0.2, 0) is 11.3 Å². The molecule has 9 nitrogen and oxygen atoms in total. The monoisotopic (exact) mass is 430 g/mol. The van der Waals surface area contributed by atoms with Gasteiger partial charge in [0.2, 0.25) is 11.1 Å². The predicted octanol–water partition coefficient (Wildman–Crippen LogP) is 3.89. The number of nitrogens with zero attached hydrogens (tertiary/aromatic N) is 5. The maximum Gasteiger partial charge on any atom is 0.289 e. The number of nitro benzene ring substituents is 1. The molecule has 0 aliphatic rings. The highest BCUT2D eigenvalue weighted by Gasteiger charge is 2.25. The van der Waals surface area contributed by atoms with Gasteiger partial charge in [-0.2, -0.15) is 0 Å². The zero-order chi connectivity index (χ0) is 20.8. The SMILES string of the molecule is C=CCn1nnnc1SC(C(=O)Nc1ccc(Cl)c([N+](=O)[O-])c1)c1ccccc1. The summed E-state index contributed by atoms with van der Waals surface area (Å²) in [6, 6.07) is 13.2. The fourth-order valence-electron chi connectivity index (χ4n) is 2.46. The number of benzene rings is 2. The number of aromatic nitrogens is 4. The van der Waals surface area contributed by atoms with Crippen LogP contribution in [0.5, 0.6) is 0 Å². The molecule has 1 N–H and O–H groups in total. The van der Waals surface area contributed by atoms with Crippen molar-refractivity contribution >= 4 is 40.6 Å². The smallest absolute Gasteiger partial charge is 0.289 e. The Morgan fingerprint density at radius 2 is 2.10 bits per heavy atom. The number of thioether (sulfide) groups is 1. The van der Waals surface area contributed by atoms with Crippen molar-refractivity contribution in [3.05, 3.63) is 81.9 Å². The second-order valence-corrected chi connectivity index (χ2v) is 7.23. The maximum absolute atomic E-state index is 13.0. The molecule has 3 aromatic rings. The lowest BCUT2D eigenvalue weighted by molar-refractivity contribution is -0.384. The van der Waals surface area contributed by atoms with Gasteiger partial charge >= 0.3 is 0 Å². The summed E-state index contributed by atoms with van der Waals surface area (Å²) in [5.74, 6) is -0.383. The second kappa shape index (κ2) is 9.30. The molecule has 1 amide bonds. The van der Waals surface area contributed by atoms with Crippen molar-refractivity contribution in [2.45, 2.75) is 17.0 Å². The van der Waals surface area contributed by atoms with Gasteiger partial charge in [0.15, 0.2) is 0 Å². The van der Waals surface area contributed by atoms with Crippen molar-refractivity contribution < 1.29 is 9.72 Å². The fraction of sp³-hybridized carbons (Fsp3) is 0.111. The molecule has 0 bridgehead atoms. The highest BCUT2D eigenvalue weighted by molar-refractivity contribution is 8.00. The lowest BCUT2D eigenvalue weighted by Crippen LogP contribution is -2.19. The number of nitrogens with one attached hydrogen (secondary N) is 1. The van der Waals surface area contributed by atoms with Crippen molar-refractivity contribution in [3.63, 3.8) is 0 Å². The minimum absolute atomic E-state index is 0.00872. The summed E-state index contributed by atoms with van der Waals surface area (Å²) in [7, 11) is 0. The van der Waals surface area contributed by atoms with Gasteiger partial charge in [-0.3, -0.25) is 14.9 Å². The number of nitro groups is 1. The van der Waals surface area contributed by atoms with E-state index in [2.05, 4.69) is 27.4 Å². The van der Waals surface area contributed by atoms with Gasteiger partial charge in [-0.25, -0.2) is 4.68 Å². The predicted molar refractivity (Wildman–Crippen MR) is 110 cm³/mol. The number of rotatable bonds is 8. The molecule has 0 saturated heterocycles. The van der Waals surface area contributed by atoms with Gasteiger partial charge in [0.05, 0.1) is 11.5 Å². The zero-order valence-electron chi connectivity index (χ0n) is 14.9. The fourth-order valence-corrected chi connectivity index (χ4v) is 3.63. The van der Waals surface area contributed by atoms with Crippen LogP contribution in [0, 0.1) is 10.1 Å². The molecule has 0 fully saturated rings. The molecular weight excluding hydrogens is 416 g/mol. The van der Waals surface area contributed by atoms with E-state index >= 15 is 0 Å². The number of anilines is 1. The molecule has 0 radical (unpaired) electrons. The Balaban J connectivity index is 1.89. The summed E-state index contributed by atoms with van der Waals surface area (Å²) in [5, 5.41) is 25.0. The van der Waals surface area contributed by atoms with Crippen LogP contribution in [0.25, 0.3) is 0 Å². The van der Waals surface area contributed by atoms with Crippen LogP contribution < -0.4 is 5.32 Å². The van der Waals surface area contributed by atoms with E-state index in [1.54, 1.807) is 6.08 Å². The van der Waals surface area contributed by atoms with E-state index in [9.17, 15) is 14.9 Å². The van der Waals surface area contributed by atoms with E-state index < -0.39 is 10.2 Å². The molecular formula is C18H15ClN6O3S. The van der Waals surface area contributed by atoms with Gasteiger partial charge in [0.1, 0.15) is 10.3 Å². The molecule has 29 heavy (non-hydrogen) atoms. The molecule has 1 heterocycles. The van der Waals surface area contributed by atoms with Crippen LogP contribution in [0.4, 0.5) is 11.4 Å². The quantitative estimate of drug-likeness (QED) is 0.249. The van der Waals surface area contributed by atoms with Crippen molar-refractivity contribution in [2.75, 3.05) is 5.32 Å². The molecule has 1 unspecified atom stereocenters. The Kier molecular flexibility index (Phi) is 6.57. The van der Waals surface area contributed by atoms with Gasteiger partial charge in [0, 0.05) is 11.8 Å². The number of hydrogen-bond acceptors (Lipinski definition) is 7. The Morgan fingerprint density at radius 1 is 1.34 bits per heavy atom. The van der Waals surface area contributed by atoms with Crippen molar-refractivity contribution in [2.24, 2.45) is 0 Å². The van der Waals surface area contributed by atoms with Gasteiger partial charge in [-0.1, -0.05) is 59.8 Å². The van der Waals surface area contributed by atoms with E-state index in [4.69, 9.17) is 11.6 Å². The first-order chi connectivity index (χ1) is 14.0. The minimum atomic E-state index is -0.694. The summed E-state index contributed by atoms with van der Waals surface area (Å²) >= 11 is 7.00. The minimum Gasteiger partial charge on any atom is -0.325 e. The van der Waals surface area contributed by atoms with Crippen molar-refractivity contribution in [1.29, 1.82) is 0 Å². The molecule has 148 valence electrons. The number of amides is 1. The normalized spacial score (nSPS) is 11.6. The van der Waals surface area contributed by atoms with E-state index in [1.165, 1.54) is 22.9 Å². The van der Waals surface area contributed by atoms with Gasteiger partial charge in [-0.05, 0) is 28.1 Å². The highest BCUT2D eigenvalue weighted by Crippen LogP contribution is 2.35. The molecule has 1 aromatic heterocycles. The third-order valence-electron chi connectivity index (χ3n) is 3.78. The lowest BCUT2D eigenvalue weighted by atomic mass is 10.1. The van der Waals surface area contributed by atoms with E-state index in [0.717, 1.165) is 17.3 Å². The second-order valence-electron chi connectivity index (χ2n) is 5.75. The number of tetrazole rings is 1. The number of carbonyl (C=O) groups is 1. The number of halogens is 1. The molecule has 11 heteroatoms. The van der Waals surface area contributed by atoms with Crippen LogP contribution in [-0.4, -0.2) is 31.0 Å². The Morgan fingerprint density at radius 3 is 2.79 bits per heavy atom. The summed E-state index contributed by atoms with van der Waals surface area (Å²) in [6.07, 6.45) is 1.64. The third kappa shape index (κ3) is 4.98. The van der Waals surface area contributed by atoms with E-state index in [-0.39, 0.29) is 22.3 Å². The molecule has 3 rings (SSSR count). The first-order valence-electron chi connectivity index (χ1n) is 8.33. The summed E-state index contributed by atoms with van der Waals surface area (Å²) in [4.78, 5) is 23.5. The number of hydrogen-bond donors (Lipinski definition) is 1. The first-order valence-corrected chi connectivity index (χ1v) is 9.59. The average Bonchev–Trinajstić information content (AvgIpc) is 3.15. The Bertz CT molecular complexity index is 1040. The molecule has 0 saturated carbocycles. The van der Waals surface area contributed by atoms with E-state index in [1.807, 2.05) is 30.3 Å². The lowest BCUT2D eigenvalue weighted by Gasteiger charge is -2.16. The molecule has 0 aliphatic carbocycles. The third-order valence-corrected chi connectivity index (χ3v) is 5.32. The largest absolute Gasteiger partial charge is 0.325 e. The van der Waals surface area contributed by atoms with Crippen LogP contribution in [0.1, 0.15) is 10.8 Å². The first kappa shape index (κ1) is 20.5. The topological polar surface area (TPSA) is 116 Å². The maximum atomic E-state index is 13.0. The molecule has 1 atom stereocenters. The van der Waals surface area contributed by atoms with Gasteiger partial charge in [0.25, 0.3) is 5.69 Å². The van der Waals surface area contributed by atoms with Crippen LogP contribution in [0.2, 0.25) is 5.02 Å². The Hall–Kier alpha value is -3.24. The van der Waals surface area contributed by atoms with Gasteiger partial charge in [-0.15, -0.1) is 11.7 Å². The van der Waals surface area contributed by atoms with Crippen LogP contribution in [0.3, 0.4) is 0 Å². The zero-order valence-corrected chi connectivity index (χ0v) is 16.5. The summed E-state index contributed by atoms with van der Waals surface area (Å²) in [6.45, 7) is 4.05. The highest BCUT2D eigenvalue weighted by atomic mass is 35.5. The molecule has 2 aromatic carbocycles. The molecule has 0 spiro atoms. The standard InChI is InChI=1S/C18H15ClN6O3S/c1-2-10-24-18(21-22-23-24)29-16(12-6-4-3-5-7-12)17(26)20-13-8-9-14(19)15(11-13)25(27)28/h2-9,11,16H,1,10H2,(H,20,26). The van der Waals surface area contributed by atoms with Crippen molar-refractivity contribution in [3.8, 4) is 0 Å². The van der Waals surface area contributed by atoms with Crippen molar-refractivity contribution in [1.82, 2.24) is 20.2 Å². The average molecular weight is 431 g/mol. The summed E-state index contributed by atoms with van der Waals surface area (Å²) < 4.78 is 1.52. The Labute approximate surface area is 174 Å². The van der Waals surface area contributed by atoms with E-state index in [0.29, 0.717) is 11.7 Å².